The molecule has 4 nitrogen and oxygen atoms in total. The van der Waals surface area contributed by atoms with Crippen LogP contribution in [0, 0.1) is 6.92 Å². The van der Waals surface area contributed by atoms with Crippen LogP contribution in [0.4, 0.5) is 0 Å². The summed E-state index contributed by atoms with van der Waals surface area (Å²) in [4.78, 5) is 1.12. The van der Waals surface area contributed by atoms with Crippen LogP contribution in [0.1, 0.15) is 54.5 Å². The third kappa shape index (κ3) is 4.76. The van der Waals surface area contributed by atoms with Gasteiger partial charge in [-0.3, -0.25) is 0 Å². The van der Waals surface area contributed by atoms with Crippen molar-refractivity contribution in [3.63, 3.8) is 0 Å². The molecule has 0 unspecified atom stereocenters. The Morgan fingerprint density at radius 3 is 2.27 bits per heavy atom. The third-order valence-electron chi connectivity index (χ3n) is 5.77. The molecule has 0 bridgehead atoms. The van der Waals surface area contributed by atoms with Gasteiger partial charge in [0.2, 0.25) is 0 Å². The predicted molar refractivity (Wildman–Crippen MR) is 122 cm³/mol. The Balaban J connectivity index is 1.74. The summed E-state index contributed by atoms with van der Waals surface area (Å²) in [6.45, 7) is 6.30. The predicted octanol–water partition coefficient (Wildman–Crippen LogP) is 5.29. The number of hydrogen-bond donors (Lipinski definition) is 3. The molecule has 160 valence electrons. The molecule has 0 saturated carbocycles. The van der Waals surface area contributed by atoms with Crippen molar-refractivity contribution >= 4 is 11.3 Å². The summed E-state index contributed by atoms with van der Waals surface area (Å²) in [5.74, 6) is 0. The summed E-state index contributed by atoms with van der Waals surface area (Å²) < 4.78 is 5.95. The highest BCUT2D eigenvalue weighted by molar-refractivity contribution is 7.17. The first kappa shape index (κ1) is 22.5. The van der Waals surface area contributed by atoms with E-state index >= 15 is 0 Å². The normalized spacial score (nSPS) is 11.7. The van der Waals surface area contributed by atoms with Crippen molar-refractivity contribution < 1.29 is 20.1 Å². The molecule has 0 saturated heterocycles. The highest BCUT2D eigenvalue weighted by Gasteiger charge is 2.25. The van der Waals surface area contributed by atoms with Gasteiger partial charge in [-0.25, -0.2) is 0 Å². The summed E-state index contributed by atoms with van der Waals surface area (Å²) in [6, 6.07) is 15.8. The lowest BCUT2D eigenvalue weighted by atomic mass is 9.87. The average molecular weight is 427 g/mol. The van der Waals surface area contributed by atoms with Crippen LogP contribution < -0.4 is 4.74 Å². The van der Waals surface area contributed by atoms with E-state index in [-0.39, 0.29) is 13.2 Å². The van der Waals surface area contributed by atoms with E-state index in [0.717, 1.165) is 43.3 Å². The zero-order valence-corrected chi connectivity index (χ0v) is 18.6. The Morgan fingerprint density at radius 2 is 1.63 bits per heavy atom. The Labute approximate surface area is 182 Å². The number of thiophene rings is 1. The Bertz CT molecular complexity index is 989. The van der Waals surface area contributed by atoms with E-state index in [9.17, 15) is 15.3 Å². The lowest BCUT2D eigenvalue weighted by Gasteiger charge is -2.26. The van der Waals surface area contributed by atoms with Gasteiger partial charge in [0.05, 0.1) is 18.8 Å². The molecule has 0 amide bonds. The molecular formula is C25H30O4S. The highest BCUT2D eigenvalue weighted by Crippen LogP contribution is 2.37. The Kier molecular flexibility index (Phi) is 7.32. The second-order valence-corrected chi connectivity index (χ2v) is 8.64. The van der Waals surface area contributed by atoms with Gasteiger partial charge in [0.25, 0.3) is 0 Å². The van der Waals surface area contributed by atoms with Gasteiger partial charge in [0, 0.05) is 4.88 Å². The molecule has 0 spiro atoms. The van der Waals surface area contributed by atoms with Gasteiger partial charge in [0.1, 0.15) is 6.61 Å². The molecule has 1 heterocycles. The second kappa shape index (κ2) is 9.75. The Hall–Kier alpha value is -2.18. The number of hydrogen-bond acceptors (Lipinski definition) is 5. The third-order valence-corrected chi connectivity index (χ3v) is 6.80. The summed E-state index contributed by atoms with van der Waals surface area (Å²) in [7, 11) is 0. The zero-order chi connectivity index (χ0) is 21.7. The van der Waals surface area contributed by atoms with Crippen LogP contribution in [0.15, 0.2) is 48.5 Å². The van der Waals surface area contributed by atoms with Gasteiger partial charge in [-0.1, -0.05) is 55.5 Å². The smallest absolute Gasteiger partial charge is 0.174 e. The SMILES string of the molecule is CCC(O)(CC)c1ccc(-c2ccc(OCc3ccc(CO)c(CO)c3)s2)c(C)c1. The van der Waals surface area contributed by atoms with Gasteiger partial charge >= 0.3 is 0 Å². The molecule has 0 radical (unpaired) electrons. The number of rotatable bonds is 9. The monoisotopic (exact) mass is 426 g/mol. The van der Waals surface area contributed by atoms with E-state index in [1.165, 1.54) is 0 Å². The van der Waals surface area contributed by atoms with Crippen molar-refractivity contribution in [3.05, 3.63) is 76.3 Å². The Morgan fingerprint density at radius 1 is 0.900 bits per heavy atom. The molecule has 2 aromatic carbocycles. The van der Waals surface area contributed by atoms with E-state index in [0.29, 0.717) is 19.4 Å². The highest BCUT2D eigenvalue weighted by atomic mass is 32.1. The zero-order valence-electron chi connectivity index (χ0n) is 17.8. The first-order valence-electron chi connectivity index (χ1n) is 10.3. The lowest BCUT2D eigenvalue weighted by molar-refractivity contribution is 0.0283. The quantitative estimate of drug-likeness (QED) is 0.435. The summed E-state index contributed by atoms with van der Waals surface area (Å²) in [5, 5.41) is 30.4. The van der Waals surface area contributed by atoms with E-state index in [1.807, 2.05) is 44.2 Å². The summed E-state index contributed by atoms with van der Waals surface area (Å²) in [6.07, 6.45) is 1.38. The minimum Gasteiger partial charge on any atom is -0.479 e. The molecule has 3 rings (SSSR count). The number of aryl methyl sites for hydroxylation is 1. The maximum absolute atomic E-state index is 10.8. The molecule has 0 fully saturated rings. The maximum atomic E-state index is 10.8. The fourth-order valence-electron chi connectivity index (χ4n) is 3.66. The van der Waals surface area contributed by atoms with Crippen molar-refractivity contribution in [2.24, 2.45) is 0 Å². The van der Waals surface area contributed by atoms with E-state index < -0.39 is 5.60 Å². The molecule has 5 heteroatoms. The molecule has 3 N–H and O–H groups in total. The molecule has 0 atom stereocenters. The van der Waals surface area contributed by atoms with Crippen LogP contribution in [0.25, 0.3) is 10.4 Å². The number of benzene rings is 2. The van der Waals surface area contributed by atoms with E-state index in [1.54, 1.807) is 11.3 Å². The van der Waals surface area contributed by atoms with Crippen molar-refractivity contribution in [1.29, 1.82) is 0 Å². The van der Waals surface area contributed by atoms with Crippen LogP contribution in [0.2, 0.25) is 0 Å². The van der Waals surface area contributed by atoms with Crippen molar-refractivity contribution in [2.75, 3.05) is 0 Å². The van der Waals surface area contributed by atoms with E-state index in [2.05, 4.69) is 25.1 Å². The molecule has 0 aliphatic carbocycles. The average Bonchev–Trinajstić information content (AvgIpc) is 3.25. The van der Waals surface area contributed by atoms with Crippen molar-refractivity contribution in [1.82, 2.24) is 0 Å². The molecule has 3 aromatic rings. The molecule has 0 aliphatic rings. The van der Waals surface area contributed by atoms with Gasteiger partial charge in [-0.05, 0) is 71.3 Å². The largest absolute Gasteiger partial charge is 0.479 e. The molecular weight excluding hydrogens is 396 g/mol. The van der Waals surface area contributed by atoms with Crippen LogP contribution in [0.3, 0.4) is 0 Å². The topological polar surface area (TPSA) is 69.9 Å². The van der Waals surface area contributed by atoms with Gasteiger partial charge in [-0.15, -0.1) is 0 Å². The molecule has 30 heavy (non-hydrogen) atoms. The summed E-state index contributed by atoms with van der Waals surface area (Å²) >= 11 is 1.59. The fraction of sp³-hybridized carbons (Fsp3) is 0.360. The summed E-state index contributed by atoms with van der Waals surface area (Å²) in [5.41, 5.74) is 4.87. The number of aliphatic hydroxyl groups excluding tert-OH is 2. The first-order valence-corrected chi connectivity index (χ1v) is 11.1. The molecule has 1 aromatic heterocycles. The number of ether oxygens (including phenoxy) is 1. The lowest BCUT2D eigenvalue weighted by Crippen LogP contribution is -2.23. The van der Waals surface area contributed by atoms with E-state index in [4.69, 9.17) is 4.74 Å². The van der Waals surface area contributed by atoms with Crippen LogP contribution in [-0.4, -0.2) is 15.3 Å². The van der Waals surface area contributed by atoms with Gasteiger partial charge in [0.15, 0.2) is 5.06 Å². The second-order valence-electron chi connectivity index (χ2n) is 7.60. The minimum absolute atomic E-state index is 0.0859. The van der Waals surface area contributed by atoms with Crippen molar-refractivity contribution in [3.8, 4) is 15.5 Å². The van der Waals surface area contributed by atoms with Crippen molar-refractivity contribution in [2.45, 2.75) is 59.0 Å². The fourth-order valence-corrected chi connectivity index (χ4v) is 4.60. The number of aliphatic hydroxyl groups is 3. The van der Waals surface area contributed by atoms with Crippen LogP contribution in [-0.2, 0) is 25.4 Å². The first-order chi connectivity index (χ1) is 14.4. The molecule has 0 aliphatic heterocycles. The van der Waals surface area contributed by atoms with Crippen LogP contribution >= 0.6 is 11.3 Å². The van der Waals surface area contributed by atoms with Crippen LogP contribution in [0.5, 0.6) is 5.06 Å². The van der Waals surface area contributed by atoms with Gasteiger partial charge < -0.3 is 20.1 Å². The maximum Gasteiger partial charge on any atom is 0.174 e. The van der Waals surface area contributed by atoms with Gasteiger partial charge in [-0.2, -0.15) is 0 Å². The minimum atomic E-state index is -0.772. The standard InChI is InChI=1S/C25H30O4S/c1-4-25(28,5-2)21-8-9-22(17(3)12-21)23-10-11-24(30-23)29-16-18-6-7-19(14-26)20(13-18)15-27/h6-13,26-28H,4-5,14-16H2,1-3H3.